The lowest BCUT2D eigenvalue weighted by Crippen LogP contribution is -2.06. The van der Waals surface area contributed by atoms with Crippen molar-refractivity contribution in [3.8, 4) is 29.0 Å². The Morgan fingerprint density at radius 1 is 0.528 bits per heavy atom. The van der Waals surface area contributed by atoms with E-state index in [1.54, 1.807) is 6.07 Å². The topological polar surface area (TPSA) is 52.5 Å². The molecule has 0 radical (unpaired) electrons. The van der Waals surface area contributed by atoms with Crippen molar-refractivity contribution in [3.63, 3.8) is 0 Å². The largest absolute Gasteiger partial charge is 0.308 e. The van der Waals surface area contributed by atoms with E-state index in [1.165, 1.54) is 22.3 Å². The van der Waals surface area contributed by atoms with Gasteiger partial charge in [0.1, 0.15) is 6.07 Å². The highest BCUT2D eigenvalue weighted by atomic mass is 15.0. The predicted molar refractivity (Wildman–Crippen MR) is 143 cm³/mol. The van der Waals surface area contributed by atoms with Gasteiger partial charge in [0.2, 0.25) is 0 Å². The fourth-order valence-corrected chi connectivity index (χ4v) is 5.89. The molecule has 0 aliphatic heterocycles. The monoisotopic (exact) mass is 457 g/mol. The van der Waals surface area contributed by atoms with Crippen molar-refractivity contribution in [2.75, 3.05) is 0 Å². The summed E-state index contributed by atoms with van der Waals surface area (Å²) in [5.74, 6) is -0.0772. The summed E-state index contributed by atoms with van der Waals surface area (Å²) in [4.78, 5) is 0. The highest BCUT2D eigenvalue weighted by Gasteiger charge is 2.32. The van der Waals surface area contributed by atoms with E-state index in [2.05, 4.69) is 95.6 Å². The third-order valence-corrected chi connectivity index (χ3v) is 7.37. The van der Waals surface area contributed by atoms with Gasteiger partial charge in [-0.05, 0) is 52.1 Å². The predicted octanol–water partition coefficient (Wildman–Crippen LogP) is 7.69. The first kappa shape index (κ1) is 20.3. The quantitative estimate of drug-likeness (QED) is 0.267. The van der Waals surface area contributed by atoms with Crippen LogP contribution in [-0.4, -0.2) is 4.57 Å². The summed E-state index contributed by atoms with van der Waals surface area (Å²) in [7, 11) is 0. The Morgan fingerprint density at radius 2 is 1.03 bits per heavy atom. The van der Waals surface area contributed by atoms with E-state index in [1.807, 2.05) is 24.3 Å². The van der Waals surface area contributed by atoms with Crippen LogP contribution < -0.4 is 0 Å². The van der Waals surface area contributed by atoms with Gasteiger partial charge >= 0.3 is 0 Å². The number of benzene rings is 5. The molecule has 0 unspecified atom stereocenters. The molecular weight excluding hydrogens is 438 g/mol. The zero-order chi connectivity index (χ0) is 24.2. The third-order valence-electron chi connectivity index (χ3n) is 7.37. The average Bonchev–Trinajstić information content (AvgIpc) is 3.45. The van der Waals surface area contributed by atoms with Gasteiger partial charge in [0.25, 0.3) is 0 Å². The highest BCUT2D eigenvalue weighted by Crippen LogP contribution is 2.49. The van der Waals surface area contributed by atoms with Crippen molar-refractivity contribution < 1.29 is 0 Å². The zero-order valence-corrected chi connectivity index (χ0v) is 19.3. The van der Waals surface area contributed by atoms with E-state index in [-0.39, 0.29) is 5.92 Å². The summed E-state index contributed by atoms with van der Waals surface area (Å²) in [5, 5.41) is 22.7. The molecule has 0 spiro atoms. The Balaban J connectivity index is 1.58. The van der Waals surface area contributed by atoms with Crippen molar-refractivity contribution >= 4 is 21.8 Å². The van der Waals surface area contributed by atoms with E-state index < -0.39 is 0 Å². The number of hydrogen-bond acceptors (Lipinski definition) is 2. The number of nitriles is 2. The fraction of sp³-hybridized carbons (Fsp3) is 0.0303. The number of hydrogen-bond donors (Lipinski definition) is 0. The molecule has 1 aliphatic rings. The molecule has 6 aromatic rings. The van der Waals surface area contributed by atoms with Gasteiger partial charge in [-0.1, -0.05) is 84.9 Å². The Labute approximate surface area is 208 Å². The van der Waals surface area contributed by atoms with Gasteiger partial charge in [0.15, 0.2) is 0 Å². The van der Waals surface area contributed by atoms with Crippen LogP contribution in [0.4, 0.5) is 0 Å². The lowest BCUT2D eigenvalue weighted by molar-refractivity contribution is 0.997. The van der Waals surface area contributed by atoms with Crippen LogP contribution in [0.5, 0.6) is 0 Å². The SMILES string of the molecule is N#Cc1cc(C#N)c(-n2c3ccccc3c3ccccc32)cc1C1c2ccccc2-c2ccccc21. The molecule has 0 bridgehead atoms. The Morgan fingerprint density at radius 3 is 1.58 bits per heavy atom. The van der Waals surface area contributed by atoms with Crippen molar-refractivity contribution in [1.82, 2.24) is 4.57 Å². The first-order chi connectivity index (χ1) is 17.8. The van der Waals surface area contributed by atoms with Crippen LogP contribution in [0.3, 0.4) is 0 Å². The molecule has 0 fully saturated rings. The second-order valence-electron chi connectivity index (χ2n) is 9.16. The Hall–Kier alpha value is -5.12. The van der Waals surface area contributed by atoms with Crippen LogP contribution in [0, 0.1) is 22.7 Å². The maximum absolute atomic E-state index is 10.2. The zero-order valence-electron chi connectivity index (χ0n) is 19.3. The molecule has 0 saturated carbocycles. The summed E-state index contributed by atoms with van der Waals surface area (Å²) in [6.45, 7) is 0. The smallest absolute Gasteiger partial charge is 0.101 e. The number of aromatic nitrogens is 1. The number of nitrogens with zero attached hydrogens (tertiary/aromatic N) is 3. The summed E-state index contributed by atoms with van der Waals surface area (Å²) < 4.78 is 2.17. The summed E-state index contributed by atoms with van der Waals surface area (Å²) in [6, 6.07) is 42.0. The maximum atomic E-state index is 10.2. The molecule has 0 saturated heterocycles. The van der Waals surface area contributed by atoms with Gasteiger partial charge in [-0.2, -0.15) is 10.5 Å². The van der Waals surface area contributed by atoms with Gasteiger partial charge in [0.05, 0.1) is 33.9 Å². The number of fused-ring (bicyclic) bond motifs is 6. The molecule has 0 N–H and O–H groups in total. The van der Waals surface area contributed by atoms with Crippen LogP contribution in [0.1, 0.15) is 33.7 Å². The third kappa shape index (κ3) is 2.72. The van der Waals surface area contributed by atoms with Crippen LogP contribution in [-0.2, 0) is 0 Å². The minimum Gasteiger partial charge on any atom is -0.308 e. The first-order valence-electron chi connectivity index (χ1n) is 11.9. The molecule has 0 amide bonds. The van der Waals surface area contributed by atoms with Crippen molar-refractivity contribution in [2.45, 2.75) is 5.92 Å². The van der Waals surface area contributed by atoms with Crippen LogP contribution in [0.25, 0.3) is 38.6 Å². The van der Waals surface area contributed by atoms with E-state index in [0.29, 0.717) is 11.1 Å². The Bertz CT molecular complexity index is 1830. The summed E-state index contributed by atoms with van der Waals surface area (Å²) >= 11 is 0. The highest BCUT2D eigenvalue weighted by molar-refractivity contribution is 6.09. The normalized spacial score (nSPS) is 12.3. The van der Waals surface area contributed by atoms with E-state index in [9.17, 15) is 10.5 Å². The molecule has 3 nitrogen and oxygen atoms in total. The van der Waals surface area contributed by atoms with E-state index in [0.717, 1.165) is 33.1 Å². The fourth-order valence-electron chi connectivity index (χ4n) is 5.89. The van der Waals surface area contributed by atoms with Gasteiger partial charge < -0.3 is 4.57 Å². The molecule has 0 atom stereocenters. The van der Waals surface area contributed by atoms with Gasteiger partial charge in [-0.25, -0.2) is 0 Å². The van der Waals surface area contributed by atoms with Gasteiger partial charge in [-0.3, -0.25) is 0 Å². The number of para-hydroxylation sites is 2. The lowest BCUT2D eigenvalue weighted by atomic mass is 9.85. The molecule has 5 aromatic carbocycles. The van der Waals surface area contributed by atoms with Gasteiger partial charge in [-0.15, -0.1) is 0 Å². The minimum absolute atomic E-state index is 0.0772. The molecule has 1 heterocycles. The van der Waals surface area contributed by atoms with Crippen LogP contribution in [0.2, 0.25) is 0 Å². The first-order valence-corrected chi connectivity index (χ1v) is 11.9. The molecule has 36 heavy (non-hydrogen) atoms. The summed E-state index contributed by atoms with van der Waals surface area (Å²) in [6.07, 6.45) is 0. The average molecular weight is 458 g/mol. The molecule has 7 rings (SSSR count). The van der Waals surface area contributed by atoms with E-state index >= 15 is 0 Å². The molecule has 1 aromatic heterocycles. The number of rotatable bonds is 2. The second kappa shape index (κ2) is 7.70. The molecule has 166 valence electrons. The minimum atomic E-state index is -0.0772. The molecule has 1 aliphatic carbocycles. The van der Waals surface area contributed by atoms with Crippen LogP contribution >= 0.6 is 0 Å². The van der Waals surface area contributed by atoms with Gasteiger partial charge in [0, 0.05) is 16.7 Å². The van der Waals surface area contributed by atoms with E-state index in [4.69, 9.17) is 0 Å². The lowest BCUT2D eigenvalue weighted by Gasteiger charge is -2.19. The molecule has 3 heteroatoms. The second-order valence-corrected chi connectivity index (χ2v) is 9.16. The van der Waals surface area contributed by atoms with Crippen molar-refractivity contribution in [3.05, 3.63) is 137 Å². The maximum Gasteiger partial charge on any atom is 0.101 e. The van der Waals surface area contributed by atoms with Crippen LogP contribution in [0.15, 0.2) is 109 Å². The molecular formula is C33H19N3. The van der Waals surface area contributed by atoms with Crippen molar-refractivity contribution in [1.29, 1.82) is 10.5 Å². The summed E-state index contributed by atoms with van der Waals surface area (Å²) in [5.41, 5.74) is 9.59. The van der Waals surface area contributed by atoms with Crippen molar-refractivity contribution in [2.24, 2.45) is 0 Å². The Kier molecular flexibility index (Phi) is 4.34. The standard InChI is InChI=1S/C33H19N3/c34-19-21-17-22(20-35)32(36-30-15-7-5-11-25(30)26-12-6-8-16-31(26)36)18-29(21)33-27-13-3-1-9-23(27)24-10-2-4-14-28(24)33/h1-18,33H.